The van der Waals surface area contributed by atoms with Crippen LogP contribution in [0.5, 0.6) is 0 Å². The molecule has 0 aliphatic carbocycles. The van der Waals surface area contributed by atoms with Crippen molar-refractivity contribution in [2.45, 2.75) is 34.2 Å². The molecule has 0 unspecified atom stereocenters. The molecule has 0 saturated carbocycles. The lowest BCUT2D eigenvalue weighted by molar-refractivity contribution is -0.126. The molecule has 1 aromatic heterocycles. The molecule has 0 aromatic carbocycles. The Kier molecular flexibility index (Phi) is 3.07. The van der Waals surface area contributed by atoms with Crippen LogP contribution in [0.25, 0.3) is 0 Å². The summed E-state index contributed by atoms with van der Waals surface area (Å²) < 4.78 is 1.33. The van der Waals surface area contributed by atoms with Gasteiger partial charge in [0, 0.05) is 17.2 Å². The maximum atomic E-state index is 11.7. The molecule has 0 amide bonds. The molecule has 1 rings (SSSR count). The molecule has 0 spiro atoms. The summed E-state index contributed by atoms with van der Waals surface area (Å²) in [5.41, 5.74) is 0.0594. The Labute approximate surface area is 89.0 Å². The average Bonchev–Trinajstić information content (AvgIpc) is 2.08. The highest BCUT2D eigenvalue weighted by molar-refractivity contribution is 5.83. The van der Waals surface area contributed by atoms with E-state index in [4.69, 9.17) is 0 Å². The van der Waals surface area contributed by atoms with Crippen molar-refractivity contribution >= 4 is 5.78 Å². The zero-order chi connectivity index (χ0) is 11.6. The van der Waals surface area contributed by atoms with Gasteiger partial charge in [-0.25, -0.2) is 4.98 Å². The van der Waals surface area contributed by atoms with Crippen molar-refractivity contribution in [3.8, 4) is 0 Å². The van der Waals surface area contributed by atoms with E-state index in [-0.39, 0.29) is 17.9 Å². The molecule has 15 heavy (non-hydrogen) atoms. The number of carbonyl (C=O) groups excluding carboxylic acids is 1. The molecular formula is C11H16N2O2. The van der Waals surface area contributed by atoms with Gasteiger partial charge in [0.2, 0.25) is 0 Å². The number of aromatic nitrogens is 2. The molecule has 4 heteroatoms. The predicted molar refractivity (Wildman–Crippen MR) is 57.7 cm³/mol. The van der Waals surface area contributed by atoms with Gasteiger partial charge in [-0.05, 0) is 6.92 Å². The summed E-state index contributed by atoms with van der Waals surface area (Å²) in [6.45, 7) is 7.35. The minimum atomic E-state index is -0.426. The van der Waals surface area contributed by atoms with E-state index < -0.39 is 5.41 Å². The van der Waals surface area contributed by atoms with Crippen LogP contribution >= 0.6 is 0 Å². The first-order valence-corrected chi connectivity index (χ1v) is 4.87. The van der Waals surface area contributed by atoms with Crippen LogP contribution in [-0.2, 0) is 11.3 Å². The van der Waals surface area contributed by atoms with Crippen LogP contribution in [0.4, 0.5) is 0 Å². The second kappa shape index (κ2) is 3.96. The topological polar surface area (TPSA) is 52.0 Å². The van der Waals surface area contributed by atoms with Crippen LogP contribution in [-0.4, -0.2) is 15.3 Å². The van der Waals surface area contributed by atoms with Crippen molar-refractivity contribution in [2.75, 3.05) is 0 Å². The van der Waals surface area contributed by atoms with E-state index in [0.717, 1.165) is 0 Å². The molecule has 0 N–H and O–H groups in total. The smallest absolute Gasteiger partial charge is 0.253 e. The molecule has 0 bridgehead atoms. The summed E-state index contributed by atoms with van der Waals surface area (Å²) >= 11 is 0. The molecule has 0 aliphatic heterocycles. The monoisotopic (exact) mass is 208 g/mol. The third kappa shape index (κ3) is 3.01. The van der Waals surface area contributed by atoms with Crippen LogP contribution in [0.1, 0.15) is 26.5 Å². The van der Waals surface area contributed by atoms with Gasteiger partial charge in [0.05, 0.1) is 12.9 Å². The van der Waals surface area contributed by atoms with Crippen LogP contribution < -0.4 is 5.56 Å². The lowest BCUT2D eigenvalue weighted by atomic mass is 9.91. The molecule has 82 valence electrons. The summed E-state index contributed by atoms with van der Waals surface area (Å²) in [5, 5.41) is 0. The zero-order valence-electron chi connectivity index (χ0n) is 9.57. The fraction of sp³-hybridized carbons (Fsp3) is 0.545. The van der Waals surface area contributed by atoms with Crippen LogP contribution in [0.3, 0.4) is 0 Å². The number of hydrogen-bond donors (Lipinski definition) is 0. The molecule has 1 heterocycles. The lowest BCUT2D eigenvalue weighted by Crippen LogP contribution is -2.30. The minimum absolute atomic E-state index is 0.0234. The second-order valence-corrected chi connectivity index (χ2v) is 4.67. The minimum Gasteiger partial charge on any atom is -0.297 e. The van der Waals surface area contributed by atoms with E-state index in [1.165, 1.54) is 17.0 Å². The maximum absolute atomic E-state index is 11.7. The van der Waals surface area contributed by atoms with Crippen LogP contribution in [0, 0.1) is 12.3 Å². The van der Waals surface area contributed by atoms with Gasteiger partial charge >= 0.3 is 0 Å². The fourth-order valence-electron chi connectivity index (χ4n) is 1.03. The van der Waals surface area contributed by atoms with Crippen molar-refractivity contribution in [1.82, 2.24) is 9.55 Å². The molecule has 0 radical (unpaired) electrons. The number of rotatable bonds is 2. The van der Waals surface area contributed by atoms with Gasteiger partial charge in [-0.1, -0.05) is 20.8 Å². The molecule has 0 saturated heterocycles. The quantitative estimate of drug-likeness (QED) is 0.733. The normalized spacial score (nSPS) is 11.5. The Morgan fingerprint density at radius 3 is 2.53 bits per heavy atom. The molecule has 0 aliphatic rings. The Hall–Kier alpha value is -1.45. The SMILES string of the molecule is Cc1cc(=O)n(CC(=O)C(C)(C)C)cn1. The molecule has 0 atom stereocenters. The summed E-state index contributed by atoms with van der Waals surface area (Å²) in [7, 11) is 0. The zero-order valence-corrected chi connectivity index (χ0v) is 9.57. The van der Waals surface area contributed by atoms with Crippen molar-refractivity contribution < 1.29 is 4.79 Å². The third-order valence-corrected chi connectivity index (χ3v) is 2.17. The molecule has 4 nitrogen and oxygen atoms in total. The van der Waals surface area contributed by atoms with Crippen LogP contribution in [0.2, 0.25) is 0 Å². The highest BCUT2D eigenvalue weighted by Gasteiger charge is 2.21. The largest absolute Gasteiger partial charge is 0.297 e. The highest BCUT2D eigenvalue weighted by atomic mass is 16.1. The molecular weight excluding hydrogens is 192 g/mol. The summed E-state index contributed by atoms with van der Waals surface area (Å²) in [5.74, 6) is 0.0234. The van der Waals surface area contributed by atoms with Crippen molar-refractivity contribution in [2.24, 2.45) is 5.41 Å². The van der Waals surface area contributed by atoms with E-state index in [9.17, 15) is 9.59 Å². The highest BCUT2D eigenvalue weighted by Crippen LogP contribution is 2.14. The Balaban J connectivity index is 2.92. The number of hydrogen-bond acceptors (Lipinski definition) is 3. The average molecular weight is 208 g/mol. The van der Waals surface area contributed by atoms with Gasteiger partial charge in [-0.15, -0.1) is 0 Å². The summed E-state index contributed by atoms with van der Waals surface area (Å²) in [4.78, 5) is 27.1. The Morgan fingerprint density at radius 1 is 1.47 bits per heavy atom. The van der Waals surface area contributed by atoms with Crippen molar-refractivity contribution in [3.63, 3.8) is 0 Å². The number of aryl methyl sites for hydroxylation is 1. The number of ketones is 1. The third-order valence-electron chi connectivity index (χ3n) is 2.17. The Bertz CT molecular complexity index is 427. The first kappa shape index (κ1) is 11.6. The summed E-state index contributed by atoms with van der Waals surface area (Å²) in [6.07, 6.45) is 1.42. The lowest BCUT2D eigenvalue weighted by Gasteiger charge is -2.16. The van der Waals surface area contributed by atoms with Gasteiger partial charge in [0.15, 0.2) is 5.78 Å². The Morgan fingerprint density at radius 2 is 2.07 bits per heavy atom. The van der Waals surface area contributed by atoms with E-state index in [1.54, 1.807) is 6.92 Å². The van der Waals surface area contributed by atoms with E-state index in [1.807, 2.05) is 20.8 Å². The number of carbonyl (C=O) groups is 1. The molecule has 0 fully saturated rings. The standard InChI is InChI=1S/C11H16N2O2/c1-8-5-10(15)13(7-12-8)6-9(14)11(2,3)4/h5,7H,6H2,1-4H3. The van der Waals surface area contributed by atoms with Gasteiger partial charge < -0.3 is 0 Å². The number of nitrogens with zero attached hydrogens (tertiary/aromatic N) is 2. The van der Waals surface area contributed by atoms with Gasteiger partial charge in [-0.3, -0.25) is 14.2 Å². The van der Waals surface area contributed by atoms with E-state index in [0.29, 0.717) is 5.69 Å². The van der Waals surface area contributed by atoms with E-state index >= 15 is 0 Å². The molecule has 1 aromatic rings. The maximum Gasteiger partial charge on any atom is 0.253 e. The van der Waals surface area contributed by atoms with Gasteiger partial charge in [-0.2, -0.15) is 0 Å². The fourth-order valence-corrected chi connectivity index (χ4v) is 1.03. The first-order chi connectivity index (χ1) is 6.80. The second-order valence-electron chi connectivity index (χ2n) is 4.67. The van der Waals surface area contributed by atoms with Gasteiger partial charge in [0.25, 0.3) is 5.56 Å². The van der Waals surface area contributed by atoms with Gasteiger partial charge in [0.1, 0.15) is 0 Å². The van der Waals surface area contributed by atoms with Crippen LogP contribution in [0.15, 0.2) is 17.2 Å². The summed E-state index contributed by atoms with van der Waals surface area (Å²) in [6, 6.07) is 1.43. The predicted octanol–water partition coefficient (Wildman–Crippen LogP) is 1.17. The van der Waals surface area contributed by atoms with Crippen molar-refractivity contribution in [1.29, 1.82) is 0 Å². The number of Topliss-reactive ketones (excluding diaryl/α,β-unsaturated/α-hetero) is 1. The van der Waals surface area contributed by atoms with Crippen molar-refractivity contribution in [3.05, 3.63) is 28.4 Å². The van der Waals surface area contributed by atoms with E-state index in [2.05, 4.69) is 4.98 Å². The first-order valence-electron chi connectivity index (χ1n) is 4.87.